The van der Waals surface area contributed by atoms with Gasteiger partial charge in [-0.1, -0.05) is 29.0 Å². The van der Waals surface area contributed by atoms with Gasteiger partial charge in [0.05, 0.1) is 17.0 Å². The minimum absolute atomic E-state index is 0.00142. The molecule has 3 aromatic heterocycles. The minimum Gasteiger partial charge on any atom is -0.450 e. The van der Waals surface area contributed by atoms with E-state index in [-0.39, 0.29) is 16.8 Å². The minimum atomic E-state index is -0.705. The SMILES string of the molecule is Cc1nnc(N2C(=O)c3oc4ccc(Cl)cc4c(=O)c3[C@H]2c2cccnc2)s1. The lowest BCUT2D eigenvalue weighted by molar-refractivity contribution is 0.0970. The summed E-state index contributed by atoms with van der Waals surface area (Å²) in [4.78, 5) is 32.2. The number of aryl methyl sites for hydroxylation is 1. The largest absolute Gasteiger partial charge is 0.450 e. The Kier molecular flexibility index (Phi) is 3.78. The van der Waals surface area contributed by atoms with Crippen molar-refractivity contribution in [1.82, 2.24) is 15.2 Å². The third-order valence-corrected chi connectivity index (χ3v) is 5.63. The molecule has 0 radical (unpaired) electrons. The molecule has 0 aliphatic carbocycles. The van der Waals surface area contributed by atoms with E-state index in [0.29, 0.717) is 31.7 Å². The van der Waals surface area contributed by atoms with Crippen LogP contribution in [-0.4, -0.2) is 21.1 Å². The molecule has 138 valence electrons. The molecule has 0 saturated heterocycles. The van der Waals surface area contributed by atoms with Crippen molar-refractivity contribution in [2.45, 2.75) is 13.0 Å². The second-order valence-electron chi connectivity index (χ2n) is 6.28. The van der Waals surface area contributed by atoms with Crippen LogP contribution in [0, 0.1) is 6.92 Å². The first-order chi connectivity index (χ1) is 13.5. The van der Waals surface area contributed by atoms with Crippen molar-refractivity contribution in [3.05, 3.63) is 79.9 Å². The highest BCUT2D eigenvalue weighted by atomic mass is 35.5. The van der Waals surface area contributed by atoms with Crippen LogP contribution >= 0.6 is 22.9 Å². The first-order valence-electron chi connectivity index (χ1n) is 8.34. The number of halogens is 1. The van der Waals surface area contributed by atoms with Crippen molar-refractivity contribution in [3.63, 3.8) is 0 Å². The Morgan fingerprint density at radius 3 is 2.79 bits per heavy atom. The maximum absolute atomic E-state index is 13.3. The monoisotopic (exact) mass is 410 g/mol. The first kappa shape index (κ1) is 17.0. The van der Waals surface area contributed by atoms with Gasteiger partial charge in [0, 0.05) is 17.4 Å². The van der Waals surface area contributed by atoms with Crippen molar-refractivity contribution >= 4 is 44.9 Å². The molecule has 1 aliphatic rings. The molecular weight excluding hydrogens is 400 g/mol. The topological polar surface area (TPSA) is 89.2 Å². The van der Waals surface area contributed by atoms with E-state index >= 15 is 0 Å². The number of nitrogens with zero attached hydrogens (tertiary/aromatic N) is 4. The van der Waals surface area contributed by atoms with Crippen molar-refractivity contribution < 1.29 is 9.21 Å². The second kappa shape index (κ2) is 6.22. The predicted octanol–water partition coefficient (Wildman–Crippen LogP) is 3.75. The van der Waals surface area contributed by atoms with Gasteiger partial charge in [-0.25, -0.2) is 0 Å². The fourth-order valence-electron chi connectivity index (χ4n) is 3.38. The molecule has 0 spiro atoms. The van der Waals surface area contributed by atoms with Gasteiger partial charge in [0.15, 0.2) is 5.43 Å². The lowest BCUT2D eigenvalue weighted by atomic mass is 10.0. The highest BCUT2D eigenvalue weighted by molar-refractivity contribution is 7.15. The van der Waals surface area contributed by atoms with E-state index in [0.717, 1.165) is 0 Å². The van der Waals surface area contributed by atoms with E-state index in [2.05, 4.69) is 15.2 Å². The highest BCUT2D eigenvalue weighted by Crippen LogP contribution is 2.41. The summed E-state index contributed by atoms with van der Waals surface area (Å²) in [6.07, 6.45) is 3.25. The zero-order chi connectivity index (χ0) is 19.4. The van der Waals surface area contributed by atoms with Crippen molar-refractivity contribution in [2.75, 3.05) is 4.90 Å². The molecule has 9 heteroatoms. The Morgan fingerprint density at radius 2 is 2.07 bits per heavy atom. The highest BCUT2D eigenvalue weighted by Gasteiger charge is 2.45. The third-order valence-electron chi connectivity index (χ3n) is 4.55. The van der Waals surface area contributed by atoms with Crippen LogP contribution in [0.2, 0.25) is 5.02 Å². The van der Waals surface area contributed by atoms with E-state index in [9.17, 15) is 9.59 Å². The van der Waals surface area contributed by atoms with Crippen LogP contribution in [-0.2, 0) is 0 Å². The molecule has 1 amide bonds. The number of amides is 1. The van der Waals surface area contributed by atoms with Gasteiger partial charge in [0.1, 0.15) is 10.6 Å². The number of anilines is 1. The summed E-state index contributed by atoms with van der Waals surface area (Å²) in [7, 11) is 0. The number of carbonyl (C=O) groups excluding carboxylic acids is 1. The Bertz CT molecular complexity index is 1300. The number of pyridine rings is 1. The molecule has 1 atom stereocenters. The first-order valence-corrected chi connectivity index (χ1v) is 9.54. The van der Waals surface area contributed by atoms with Crippen LogP contribution in [0.1, 0.15) is 32.7 Å². The lowest BCUT2D eigenvalue weighted by Gasteiger charge is -2.21. The fourth-order valence-corrected chi connectivity index (χ4v) is 4.27. The molecule has 7 nitrogen and oxygen atoms in total. The fraction of sp³-hybridized carbons (Fsp3) is 0.105. The van der Waals surface area contributed by atoms with Gasteiger partial charge >= 0.3 is 0 Å². The van der Waals surface area contributed by atoms with Crippen LogP contribution in [0.25, 0.3) is 11.0 Å². The Morgan fingerprint density at radius 1 is 1.21 bits per heavy atom. The number of fused-ring (bicyclic) bond motifs is 2. The standard InChI is InChI=1S/C19H11ClN4O3S/c1-9-22-23-19(28-9)24-15(10-3-2-6-21-8-10)14-16(25)12-7-11(20)4-5-13(12)27-17(14)18(24)26/h2-8,15H,1H3/t15-/m1/s1. The molecule has 0 fully saturated rings. The molecule has 0 bridgehead atoms. The molecule has 4 aromatic rings. The Labute approximate surface area is 167 Å². The average molecular weight is 411 g/mol. The Balaban J connectivity index is 1.84. The summed E-state index contributed by atoms with van der Waals surface area (Å²) in [6.45, 7) is 1.80. The van der Waals surface area contributed by atoms with Gasteiger partial charge in [-0.3, -0.25) is 19.5 Å². The zero-order valence-electron chi connectivity index (χ0n) is 14.4. The summed E-state index contributed by atoms with van der Waals surface area (Å²) >= 11 is 7.33. The van der Waals surface area contributed by atoms with E-state index in [1.54, 1.807) is 43.6 Å². The van der Waals surface area contributed by atoms with Crippen LogP contribution < -0.4 is 10.3 Å². The maximum atomic E-state index is 13.3. The van der Waals surface area contributed by atoms with Crippen LogP contribution in [0.4, 0.5) is 5.13 Å². The third kappa shape index (κ3) is 2.45. The number of benzene rings is 1. The zero-order valence-corrected chi connectivity index (χ0v) is 16.0. The molecule has 0 N–H and O–H groups in total. The van der Waals surface area contributed by atoms with Crippen LogP contribution in [0.15, 0.2) is 51.9 Å². The van der Waals surface area contributed by atoms with Gasteiger partial charge < -0.3 is 4.42 Å². The lowest BCUT2D eigenvalue weighted by Crippen LogP contribution is -2.29. The molecule has 28 heavy (non-hydrogen) atoms. The molecule has 0 unspecified atom stereocenters. The number of carbonyl (C=O) groups is 1. The van der Waals surface area contributed by atoms with Gasteiger partial charge in [-0.05, 0) is 36.8 Å². The van der Waals surface area contributed by atoms with Crippen molar-refractivity contribution in [1.29, 1.82) is 0 Å². The Hall–Kier alpha value is -3.10. The summed E-state index contributed by atoms with van der Waals surface area (Å²) in [6, 6.07) is 7.60. The number of aromatic nitrogens is 3. The van der Waals surface area contributed by atoms with Crippen LogP contribution in [0.3, 0.4) is 0 Å². The van der Waals surface area contributed by atoms with Crippen LogP contribution in [0.5, 0.6) is 0 Å². The maximum Gasteiger partial charge on any atom is 0.297 e. The van der Waals surface area contributed by atoms with Gasteiger partial charge in [0.25, 0.3) is 5.91 Å². The molecule has 5 rings (SSSR count). The molecule has 0 saturated carbocycles. The summed E-state index contributed by atoms with van der Waals surface area (Å²) in [5.74, 6) is -0.435. The second-order valence-corrected chi connectivity index (χ2v) is 7.88. The molecular formula is C19H11ClN4O3S. The van der Waals surface area contributed by atoms with E-state index in [4.69, 9.17) is 16.0 Å². The van der Waals surface area contributed by atoms with Crippen molar-refractivity contribution in [3.8, 4) is 0 Å². The van der Waals surface area contributed by atoms with Gasteiger partial charge in [-0.15, -0.1) is 10.2 Å². The van der Waals surface area contributed by atoms with E-state index in [1.807, 2.05) is 6.07 Å². The number of hydrogen-bond acceptors (Lipinski definition) is 7. The van der Waals surface area contributed by atoms with E-state index in [1.165, 1.54) is 16.2 Å². The normalized spacial score (nSPS) is 16.0. The molecule has 4 heterocycles. The quantitative estimate of drug-likeness (QED) is 0.500. The van der Waals surface area contributed by atoms with Crippen molar-refractivity contribution in [2.24, 2.45) is 0 Å². The summed E-state index contributed by atoms with van der Waals surface area (Å²) < 4.78 is 5.85. The summed E-state index contributed by atoms with van der Waals surface area (Å²) in [5.41, 5.74) is 0.933. The number of rotatable bonds is 2. The van der Waals surface area contributed by atoms with Gasteiger partial charge in [0.2, 0.25) is 10.9 Å². The number of hydrogen-bond donors (Lipinski definition) is 0. The van der Waals surface area contributed by atoms with Gasteiger partial charge in [-0.2, -0.15) is 0 Å². The van der Waals surface area contributed by atoms with E-state index < -0.39 is 11.9 Å². The average Bonchev–Trinajstić information content (AvgIpc) is 3.24. The predicted molar refractivity (Wildman–Crippen MR) is 105 cm³/mol. The summed E-state index contributed by atoms with van der Waals surface area (Å²) in [5, 5.41) is 9.96. The molecule has 1 aliphatic heterocycles. The smallest absolute Gasteiger partial charge is 0.297 e. The molecule has 1 aromatic carbocycles.